The Morgan fingerprint density at radius 2 is 1.64 bits per heavy atom. The summed E-state index contributed by atoms with van der Waals surface area (Å²) >= 11 is 0. The predicted octanol–water partition coefficient (Wildman–Crippen LogP) is 6.13. The van der Waals surface area contributed by atoms with Gasteiger partial charge in [0.05, 0.1) is 5.56 Å². The summed E-state index contributed by atoms with van der Waals surface area (Å²) in [5, 5.41) is 0. The molecule has 0 radical (unpaired) electrons. The van der Waals surface area contributed by atoms with Gasteiger partial charge in [-0.2, -0.15) is 0 Å². The van der Waals surface area contributed by atoms with Crippen molar-refractivity contribution in [2.45, 2.75) is 64.4 Å². The summed E-state index contributed by atoms with van der Waals surface area (Å²) in [6.07, 6.45) is 5.13. The number of esters is 1. The molecule has 1 unspecified atom stereocenters. The van der Waals surface area contributed by atoms with E-state index in [4.69, 9.17) is 4.74 Å². The van der Waals surface area contributed by atoms with Crippen LogP contribution >= 0.6 is 0 Å². The Morgan fingerprint density at radius 1 is 1.04 bits per heavy atom. The van der Waals surface area contributed by atoms with Gasteiger partial charge in [0, 0.05) is 0 Å². The fourth-order valence-electron chi connectivity index (χ4n) is 3.67. The molecule has 0 aliphatic heterocycles. The van der Waals surface area contributed by atoms with Gasteiger partial charge in [0.25, 0.3) is 0 Å². The first-order chi connectivity index (χ1) is 12.0. The third-order valence-electron chi connectivity index (χ3n) is 5.60. The minimum Gasteiger partial charge on any atom is -0.451 e. The summed E-state index contributed by atoms with van der Waals surface area (Å²) < 4.78 is 6.10. The van der Waals surface area contributed by atoms with Crippen molar-refractivity contribution < 1.29 is 9.53 Å². The van der Waals surface area contributed by atoms with Gasteiger partial charge < -0.3 is 4.74 Å². The lowest BCUT2D eigenvalue weighted by molar-refractivity contribution is -0.0183. The van der Waals surface area contributed by atoms with E-state index in [1.807, 2.05) is 12.1 Å². The summed E-state index contributed by atoms with van der Waals surface area (Å²) in [4.78, 5) is 12.8. The molecule has 0 spiro atoms. The highest BCUT2D eigenvalue weighted by atomic mass is 16.6. The van der Waals surface area contributed by atoms with Crippen molar-refractivity contribution in [1.29, 1.82) is 0 Å². The summed E-state index contributed by atoms with van der Waals surface area (Å²) in [6.45, 7) is 6.46. The summed E-state index contributed by atoms with van der Waals surface area (Å²) in [5.74, 6) is 0.303. The molecule has 0 aromatic heterocycles. The van der Waals surface area contributed by atoms with Gasteiger partial charge >= 0.3 is 5.97 Å². The first-order valence-electron chi connectivity index (χ1n) is 9.44. The van der Waals surface area contributed by atoms with Crippen LogP contribution in [-0.4, -0.2) is 5.97 Å². The molecular formula is C23H28O2. The van der Waals surface area contributed by atoms with E-state index >= 15 is 0 Å². The van der Waals surface area contributed by atoms with Gasteiger partial charge in [-0.1, -0.05) is 55.8 Å². The van der Waals surface area contributed by atoms with E-state index in [0.717, 1.165) is 37.7 Å². The molecule has 1 aliphatic rings. The zero-order valence-electron chi connectivity index (χ0n) is 15.5. The number of aryl methyl sites for hydroxylation is 1. The highest BCUT2D eigenvalue weighted by Gasteiger charge is 2.39. The van der Waals surface area contributed by atoms with Crippen molar-refractivity contribution in [3.05, 3.63) is 70.8 Å². The number of ether oxygens (including phenoxy) is 1. The smallest absolute Gasteiger partial charge is 0.339 e. The van der Waals surface area contributed by atoms with Crippen LogP contribution in [0.1, 0.15) is 78.9 Å². The van der Waals surface area contributed by atoms with E-state index in [1.54, 1.807) is 0 Å². The third kappa shape index (κ3) is 3.78. The lowest BCUT2D eigenvalue weighted by atomic mass is 9.91. The fourth-order valence-corrected chi connectivity index (χ4v) is 3.67. The first kappa shape index (κ1) is 17.7. The molecule has 1 fully saturated rings. The minimum absolute atomic E-state index is 0.210. The van der Waals surface area contributed by atoms with Crippen LogP contribution in [-0.2, 0) is 10.3 Å². The molecule has 25 heavy (non-hydrogen) atoms. The van der Waals surface area contributed by atoms with Crippen molar-refractivity contribution in [3.63, 3.8) is 0 Å². The van der Waals surface area contributed by atoms with E-state index < -0.39 is 5.60 Å². The number of carbonyl (C=O) groups excluding carboxylic acids is 1. The van der Waals surface area contributed by atoms with Gasteiger partial charge in [-0.25, -0.2) is 4.79 Å². The minimum atomic E-state index is -0.458. The number of carbonyl (C=O) groups is 1. The Hall–Kier alpha value is -2.09. The molecule has 3 rings (SSSR count). The number of rotatable bonds is 5. The molecule has 1 atom stereocenters. The number of hydrogen-bond acceptors (Lipinski definition) is 2. The van der Waals surface area contributed by atoms with Crippen LogP contribution in [0.5, 0.6) is 0 Å². The van der Waals surface area contributed by atoms with Crippen LogP contribution in [0, 0.1) is 6.92 Å². The standard InChI is InChI=1S/C23H28O2/c1-4-18(3)19-9-11-20(12-10-19)22(24)25-23(15-5-6-16-23)21-13-7-17(2)8-14-21/h7-14,18H,4-6,15-16H2,1-3H3. The van der Waals surface area contributed by atoms with Crippen molar-refractivity contribution in [3.8, 4) is 0 Å². The number of benzene rings is 2. The molecule has 2 heteroatoms. The summed E-state index contributed by atoms with van der Waals surface area (Å²) in [6, 6.07) is 16.3. The van der Waals surface area contributed by atoms with Gasteiger partial charge in [-0.15, -0.1) is 0 Å². The molecule has 0 saturated heterocycles. The zero-order valence-corrected chi connectivity index (χ0v) is 15.5. The first-order valence-corrected chi connectivity index (χ1v) is 9.44. The van der Waals surface area contributed by atoms with Crippen molar-refractivity contribution in [2.24, 2.45) is 0 Å². The molecule has 0 bridgehead atoms. The second-order valence-electron chi connectivity index (χ2n) is 7.39. The van der Waals surface area contributed by atoms with Crippen molar-refractivity contribution in [1.82, 2.24) is 0 Å². The Labute approximate surface area is 151 Å². The molecule has 0 heterocycles. The van der Waals surface area contributed by atoms with Crippen LogP contribution in [0.15, 0.2) is 48.5 Å². The second kappa shape index (κ2) is 7.43. The topological polar surface area (TPSA) is 26.3 Å². The molecule has 2 aromatic rings. The Bertz CT molecular complexity index is 707. The van der Waals surface area contributed by atoms with E-state index in [0.29, 0.717) is 11.5 Å². The quantitative estimate of drug-likeness (QED) is 0.613. The molecule has 1 aliphatic carbocycles. The molecule has 2 aromatic carbocycles. The monoisotopic (exact) mass is 336 g/mol. The fraction of sp³-hybridized carbons (Fsp3) is 0.435. The lowest BCUT2D eigenvalue weighted by Crippen LogP contribution is -2.29. The van der Waals surface area contributed by atoms with Crippen LogP contribution in [0.3, 0.4) is 0 Å². The number of hydrogen-bond donors (Lipinski definition) is 0. The van der Waals surface area contributed by atoms with Crippen LogP contribution in [0.25, 0.3) is 0 Å². The highest BCUT2D eigenvalue weighted by Crippen LogP contribution is 2.42. The molecular weight excluding hydrogens is 308 g/mol. The maximum atomic E-state index is 12.8. The Balaban J connectivity index is 1.80. The average Bonchev–Trinajstić information content (AvgIpc) is 3.11. The molecule has 132 valence electrons. The van der Waals surface area contributed by atoms with Gasteiger partial charge in [-0.3, -0.25) is 0 Å². The maximum absolute atomic E-state index is 12.8. The molecule has 2 nitrogen and oxygen atoms in total. The maximum Gasteiger partial charge on any atom is 0.339 e. The Kier molecular flexibility index (Phi) is 5.27. The van der Waals surface area contributed by atoms with Crippen LogP contribution in [0.2, 0.25) is 0 Å². The van der Waals surface area contributed by atoms with E-state index in [1.165, 1.54) is 11.1 Å². The molecule has 1 saturated carbocycles. The SMILES string of the molecule is CCC(C)c1ccc(C(=O)OC2(c3ccc(C)cc3)CCCC2)cc1. The normalized spacial score (nSPS) is 17.2. The van der Waals surface area contributed by atoms with Gasteiger partial charge in [0.15, 0.2) is 0 Å². The third-order valence-corrected chi connectivity index (χ3v) is 5.60. The van der Waals surface area contributed by atoms with Crippen molar-refractivity contribution >= 4 is 5.97 Å². The van der Waals surface area contributed by atoms with E-state index in [9.17, 15) is 4.79 Å². The van der Waals surface area contributed by atoms with Gasteiger partial charge in [0.2, 0.25) is 0 Å². The molecule has 0 amide bonds. The van der Waals surface area contributed by atoms with Crippen molar-refractivity contribution in [2.75, 3.05) is 0 Å². The van der Waals surface area contributed by atoms with Gasteiger partial charge in [0.1, 0.15) is 5.60 Å². The Morgan fingerprint density at radius 3 is 2.20 bits per heavy atom. The zero-order chi connectivity index (χ0) is 17.9. The van der Waals surface area contributed by atoms with Crippen LogP contribution < -0.4 is 0 Å². The summed E-state index contributed by atoms with van der Waals surface area (Å²) in [7, 11) is 0. The highest BCUT2D eigenvalue weighted by molar-refractivity contribution is 5.89. The second-order valence-corrected chi connectivity index (χ2v) is 7.39. The van der Waals surface area contributed by atoms with E-state index in [2.05, 4.69) is 57.2 Å². The largest absolute Gasteiger partial charge is 0.451 e. The average molecular weight is 336 g/mol. The van der Waals surface area contributed by atoms with Crippen LogP contribution in [0.4, 0.5) is 0 Å². The lowest BCUT2D eigenvalue weighted by Gasteiger charge is -2.30. The van der Waals surface area contributed by atoms with E-state index in [-0.39, 0.29) is 5.97 Å². The summed E-state index contributed by atoms with van der Waals surface area (Å²) in [5.41, 5.74) is 3.81. The van der Waals surface area contributed by atoms with Gasteiger partial charge in [-0.05, 0) is 68.2 Å². The molecule has 0 N–H and O–H groups in total. The predicted molar refractivity (Wildman–Crippen MR) is 102 cm³/mol.